The minimum absolute atomic E-state index is 0.0714. The summed E-state index contributed by atoms with van der Waals surface area (Å²) in [5.74, 6) is -6.01. The molecular weight excluding hydrogens is 572 g/mol. The van der Waals surface area contributed by atoms with Crippen LogP contribution in [0.5, 0.6) is 0 Å². The van der Waals surface area contributed by atoms with Crippen molar-refractivity contribution in [2.24, 2.45) is 0 Å². The molecule has 208 valence electrons. The molecule has 0 saturated carbocycles. The molecule has 0 fully saturated rings. The fraction of sp³-hybridized carbons (Fsp3) is 0.208. The SMILES string of the molecule is O=C(CNc1ncccn1)c1ccc(/C(F)=C/C(c2cc(Cl)cc(C(F)(F)F)c2)C(F)(F)F)cc1C(F)(F)F. The number of halogens is 11. The van der Waals surface area contributed by atoms with E-state index in [9.17, 15) is 48.7 Å². The molecule has 3 aromatic rings. The highest BCUT2D eigenvalue weighted by molar-refractivity contribution is 6.30. The molecule has 0 bridgehead atoms. The number of carbonyl (C=O) groups is 1. The van der Waals surface area contributed by atoms with E-state index in [0.29, 0.717) is 24.3 Å². The molecular formula is C24H14ClF10N3O. The van der Waals surface area contributed by atoms with Crippen molar-refractivity contribution in [2.75, 3.05) is 11.9 Å². The van der Waals surface area contributed by atoms with Crippen molar-refractivity contribution in [1.29, 1.82) is 0 Å². The molecule has 0 saturated heterocycles. The second kappa shape index (κ2) is 11.2. The number of hydrogen-bond acceptors (Lipinski definition) is 4. The monoisotopic (exact) mass is 585 g/mol. The van der Waals surface area contributed by atoms with Gasteiger partial charge in [-0.3, -0.25) is 4.79 Å². The maximum absolute atomic E-state index is 14.9. The van der Waals surface area contributed by atoms with Gasteiger partial charge >= 0.3 is 18.5 Å². The van der Waals surface area contributed by atoms with Crippen molar-refractivity contribution in [1.82, 2.24) is 9.97 Å². The molecule has 1 N–H and O–H groups in total. The Morgan fingerprint density at radius 3 is 2.13 bits per heavy atom. The van der Waals surface area contributed by atoms with E-state index >= 15 is 0 Å². The predicted molar refractivity (Wildman–Crippen MR) is 121 cm³/mol. The van der Waals surface area contributed by atoms with Crippen LogP contribution >= 0.6 is 11.6 Å². The van der Waals surface area contributed by atoms with Crippen LogP contribution in [0.4, 0.5) is 49.9 Å². The Bertz CT molecular complexity index is 1370. The van der Waals surface area contributed by atoms with Gasteiger partial charge in [0.25, 0.3) is 0 Å². The van der Waals surface area contributed by atoms with E-state index < -0.39 is 75.4 Å². The number of anilines is 1. The van der Waals surface area contributed by atoms with Crippen LogP contribution in [-0.2, 0) is 12.4 Å². The number of carbonyl (C=O) groups excluding carboxylic acids is 1. The fourth-order valence-corrected chi connectivity index (χ4v) is 3.64. The van der Waals surface area contributed by atoms with Gasteiger partial charge in [0.05, 0.1) is 17.7 Å². The third kappa shape index (κ3) is 7.68. The van der Waals surface area contributed by atoms with Gasteiger partial charge in [0.1, 0.15) is 11.7 Å². The molecule has 1 heterocycles. The summed E-state index contributed by atoms with van der Waals surface area (Å²) in [6, 6.07) is 3.80. The van der Waals surface area contributed by atoms with Gasteiger partial charge < -0.3 is 5.32 Å². The number of alkyl halides is 9. The largest absolute Gasteiger partial charge is 0.417 e. The maximum atomic E-state index is 14.9. The Morgan fingerprint density at radius 1 is 0.923 bits per heavy atom. The highest BCUT2D eigenvalue weighted by Gasteiger charge is 2.42. The van der Waals surface area contributed by atoms with E-state index in [2.05, 4.69) is 15.3 Å². The summed E-state index contributed by atoms with van der Waals surface area (Å²) >= 11 is 5.53. The van der Waals surface area contributed by atoms with E-state index in [1.807, 2.05) is 0 Å². The second-order valence-electron chi connectivity index (χ2n) is 7.91. The average molecular weight is 586 g/mol. The van der Waals surface area contributed by atoms with Gasteiger partial charge in [-0.1, -0.05) is 23.7 Å². The second-order valence-corrected chi connectivity index (χ2v) is 8.35. The van der Waals surface area contributed by atoms with Gasteiger partial charge in [0.15, 0.2) is 5.78 Å². The Balaban J connectivity index is 2.01. The van der Waals surface area contributed by atoms with Crippen LogP contribution in [-0.4, -0.2) is 28.5 Å². The number of rotatable bonds is 7. The number of Topliss-reactive ketones (excluding diaryl/α,β-unsaturated/α-hetero) is 1. The molecule has 15 heteroatoms. The first-order valence-electron chi connectivity index (χ1n) is 10.5. The zero-order valence-electron chi connectivity index (χ0n) is 19.0. The van der Waals surface area contributed by atoms with Gasteiger partial charge in [0.2, 0.25) is 5.95 Å². The van der Waals surface area contributed by atoms with Crippen molar-refractivity contribution in [3.05, 3.63) is 93.8 Å². The van der Waals surface area contributed by atoms with Crippen molar-refractivity contribution in [3.63, 3.8) is 0 Å². The molecule has 1 aromatic heterocycles. The number of aromatic nitrogens is 2. The predicted octanol–water partition coefficient (Wildman–Crippen LogP) is 8.12. The van der Waals surface area contributed by atoms with Crippen LogP contribution in [0.2, 0.25) is 5.02 Å². The van der Waals surface area contributed by atoms with Crippen LogP contribution < -0.4 is 5.32 Å². The van der Waals surface area contributed by atoms with Crippen molar-refractivity contribution in [3.8, 4) is 0 Å². The quantitative estimate of drug-likeness (QED) is 0.225. The lowest BCUT2D eigenvalue weighted by Crippen LogP contribution is -2.21. The summed E-state index contributed by atoms with van der Waals surface area (Å²) in [6.07, 6.45) is -13.2. The summed E-state index contributed by atoms with van der Waals surface area (Å²) < 4.78 is 136. The third-order valence-corrected chi connectivity index (χ3v) is 5.36. The fourth-order valence-electron chi connectivity index (χ4n) is 3.39. The lowest BCUT2D eigenvalue weighted by atomic mass is 9.93. The topological polar surface area (TPSA) is 54.9 Å². The molecule has 2 aromatic carbocycles. The molecule has 39 heavy (non-hydrogen) atoms. The van der Waals surface area contributed by atoms with Crippen molar-refractivity contribution in [2.45, 2.75) is 24.4 Å². The number of allylic oxidation sites excluding steroid dienone is 1. The highest BCUT2D eigenvalue weighted by Crippen LogP contribution is 2.42. The normalized spacial score (nSPS) is 13.8. The molecule has 0 aliphatic heterocycles. The van der Waals surface area contributed by atoms with E-state index in [1.54, 1.807) is 0 Å². The van der Waals surface area contributed by atoms with Crippen LogP contribution in [0.15, 0.2) is 60.9 Å². The Morgan fingerprint density at radius 2 is 1.56 bits per heavy atom. The number of benzene rings is 2. The smallest absolute Gasteiger partial charge is 0.347 e. The van der Waals surface area contributed by atoms with Crippen molar-refractivity contribution >= 4 is 29.2 Å². The van der Waals surface area contributed by atoms with Crippen LogP contribution in [0, 0.1) is 0 Å². The minimum atomic E-state index is -5.35. The van der Waals surface area contributed by atoms with Gasteiger partial charge in [-0.05, 0) is 42.0 Å². The minimum Gasteiger partial charge on any atom is -0.347 e. The average Bonchev–Trinajstić information content (AvgIpc) is 2.83. The number of nitrogens with one attached hydrogen (secondary N) is 1. The van der Waals surface area contributed by atoms with Gasteiger partial charge in [-0.2, -0.15) is 39.5 Å². The first kappa shape index (κ1) is 29.9. The van der Waals surface area contributed by atoms with Gasteiger partial charge in [0, 0.05) is 28.5 Å². The van der Waals surface area contributed by atoms with Crippen LogP contribution in [0.3, 0.4) is 0 Å². The van der Waals surface area contributed by atoms with E-state index in [1.165, 1.54) is 18.5 Å². The first-order valence-corrected chi connectivity index (χ1v) is 10.9. The summed E-state index contributed by atoms with van der Waals surface area (Å²) in [7, 11) is 0. The van der Waals surface area contributed by atoms with E-state index in [0.717, 1.165) is 0 Å². The maximum Gasteiger partial charge on any atom is 0.417 e. The Hall–Kier alpha value is -3.68. The zero-order chi connectivity index (χ0) is 29.2. The standard InChI is InChI=1S/C24H14ClF10N3O/c25-15-7-13(6-14(9-15)22(27,28)29)17(23(30,31)32)10-19(26)12-2-3-16(18(8-12)24(33,34)35)20(39)11-38-21-36-4-1-5-37-21/h1-10,17H,11H2,(H,36,37,38)/b19-10-. The summed E-state index contributed by atoms with van der Waals surface area (Å²) in [4.78, 5) is 19.9. The van der Waals surface area contributed by atoms with Crippen LogP contribution in [0.25, 0.3) is 5.83 Å². The Kier molecular flexibility index (Phi) is 8.58. The molecule has 0 aliphatic carbocycles. The highest BCUT2D eigenvalue weighted by atomic mass is 35.5. The molecule has 1 unspecified atom stereocenters. The Labute approximate surface area is 218 Å². The molecule has 0 aliphatic rings. The third-order valence-electron chi connectivity index (χ3n) is 5.15. The molecule has 0 radical (unpaired) electrons. The van der Waals surface area contributed by atoms with E-state index in [-0.39, 0.29) is 24.2 Å². The summed E-state index contributed by atoms with van der Waals surface area (Å²) in [5.41, 5.74) is -6.18. The van der Waals surface area contributed by atoms with Gasteiger partial charge in [-0.25, -0.2) is 14.4 Å². The van der Waals surface area contributed by atoms with Gasteiger partial charge in [-0.15, -0.1) is 0 Å². The lowest BCUT2D eigenvalue weighted by molar-refractivity contribution is -0.142. The number of ketones is 1. The molecule has 0 spiro atoms. The summed E-state index contributed by atoms with van der Waals surface area (Å²) in [5, 5.41) is 1.68. The van der Waals surface area contributed by atoms with E-state index in [4.69, 9.17) is 11.6 Å². The molecule has 3 rings (SSSR count). The first-order chi connectivity index (χ1) is 18.0. The van der Waals surface area contributed by atoms with Crippen molar-refractivity contribution < 1.29 is 48.7 Å². The van der Waals surface area contributed by atoms with Crippen LogP contribution in [0.1, 0.15) is 38.5 Å². The molecule has 4 nitrogen and oxygen atoms in total. The molecule has 1 atom stereocenters. The number of nitrogens with zero attached hydrogens (tertiary/aromatic N) is 2. The summed E-state index contributed by atoms with van der Waals surface area (Å²) in [6.45, 7) is -0.697. The lowest BCUT2D eigenvalue weighted by Gasteiger charge is -2.20. The zero-order valence-corrected chi connectivity index (χ0v) is 19.8. The molecule has 0 amide bonds. The number of hydrogen-bond donors (Lipinski definition) is 1.